The Balaban J connectivity index is 2.12. The maximum atomic E-state index is 5.36. The molecule has 0 radical (unpaired) electrons. The Labute approximate surface area is 114 Å². The van der Waals surface area contributed by atoms with Crippen molar-refractivity contribution in [1.82, 2.24) is 0 Å². The maximum absolute atomic E-state index is 5.36. The van der Waals surface area contributed by atoms with Crippen molar-refractivity contribution in [2.75, 3.05) is 13.7 Å². The standard InChI is InChI=1S/C18H18O/c1-13-11-17-15(14-7-4-3-5-8-14)9-6-10-16(17)18(13)12-19-2/h3-11,18H,12H2,1-2H3. The van der Waals surface area contributed by atoms with Gasteiger partial charge in [0.25, 0.3) is 0 Å². The first-order valence-electron chi connectivity index (χ1n) is 6.66. The molecule has 0 bridgehead atoms. The number of methoxy groups -OCH3 is 1. The Morgan fingerprint density at radius 1 is 1.00 bits per heavy atom. The van der Waals surface area contributed by atoms with Crippen molar-refractivity contribution in [2.24, 2.45) is 0 Å². The van der Waals surface area contributed by atoms with Crippen LogP contribution in [0.5, 0.6) is 0 Å². The minimum atomic E-state index is 0.406. The predicted molar refractivity (Wildman–Crippen MR) is 80.1 cm³/mol. The van der Waals surface area contributed by atoms with E-state index in [1.54, 1.807) is 7.11 Å². The van der Waals surface area contributed by atoms with Crippen molar-refractivity contribution in [3.63, 3.8) is 0 Å². The Bertz CT molecular complexity index is 611. The Morgan fingerprint density at radius 2 is 1.79 bits per heavy atom. The van der Waals surface area contributed by atoms with Crippen molar-refractivity contribution in [1.29, 1.82) is 0 Å². The van der Waals surface area contributed by atoms with E-state index in [4.69, 9.17) is 4.74 Å². The molecule has 0 fully saturated rings. The lowest BCUT2D eigenvalue weighted by molar-refractivity contribution is 0.189. The van der Waals surface area contributed by atoms with Gasteiger partial charge < -0.3 is 4.74 Å². The molecule has 1 atom stereocenters. The molecule has 19 heavy (non-hydrogen) atoms. The van der Waals surface area contributed by atoms with Gasteiger partial charge in [0.05, 0.1) is 6.61 Å². The summed E-state index contributed by atoms with van der Waals surface area (Å²) in [5.41, 5.74) is 6.73. The topological polar surface area (TPSA) is 9.23 Å². The van der Waals surface area contributed by atoms with E-state index in [2.05, 4.69) is 61.5 Å². The van der Waals surface area contributed by atoms with Crippen LogP contribution < -0.4 is 0 Å². The van der Waals surface area contributed by atoms with Crippen LogP contribution in [0.1, 0.15) is 24.0 Å². The van der Waals surface area contributed by atoms with Gasteiger partial charge in [-0.05, 0) is 29.2 Å². The van der Waals surface area contributed by atoms with Crippen LogP contribution >= 0.6 is 0 Å². The van der Waals surface area contributed by atoms with Crippen molar-refractivity contribution >= 4 is 6.08 Å². The van der Waals surface area contributed by atoms with E-state index in [0.29, 0.717) is 5.92 Å². The quantitative estimate of drug-likeness (QED) is 0.779. The van der Waals surface area contributed by atoms with Gasteiger partial charge in [0.2, 0.25) is 0 Å². The second kappa shape index (κ2) is 5.02. The van der Waals surface area contributed by atoms with E-state index >= 15 is 0 Å². The number of fused-ring (bicyclic) bond motifs is 1. The van der Waals surface area contributed by atoms with Crippen LogP contribution in [0.4, 0.5) is 0 Å². The first-order chi connectivity index (χ1) is 9.31. The molecule has 2 aromatic rings. The molecule has 1 unspecified atom stereocenters. The molecule has 2 aromatic carbocycles. The zero-order chi connectivity index (χ0) is 13.2. The van der Waals surface area contributed by atoms with Crippen molar-refractivity contribution in [3.8, 4) is 11.1 Å². The van der Waals surface area contributed by atoms with Gasteiger partial charge in [-0.2, -0.15) is 0 Å². The molecule has 3 rings (SSSR count). The predicted octanol–water partition coefficient (Wildman–Crippen LogP) is 4.50. The first kappa shape index (κ1) is 12.2. The van der Waals surface area contributed by atoms with Gasteiger partial charge in [-0.15, -0.1) is 0 Å². The Kier molecular flexibility index (Phi) is 3.22. The van der Waals surface area contributed by atoms with Crippen molar-refractivity contribution in [3.05, 3.63) is 65.2 Å². The molecule has 96 valence electrons. The summed E-state index contributed by atoms with van der Waals surface area (Å²) in [6.45, 7) is 2.95. The summed E-state index contributed by atoms with van der Waals surface area (Å²) in [7, 11) is 1.77. The molecule has 0 heterocycles. The van der Waals surface area contributed by atoms with Crippen molar-refractivity contribution in [2.45, 2.75) is 12.8 Å². The fourth-order valence-corrected chi connectivity index (χ4v) is 2.88. The summed E-state index contributed by atoms with van der Waals surface area (Å²) < 4.78 is 5.36. The summed E-state index contributed by atoms with van der Waals surface area (Å²) in [5, 5.41) is 0. The zero-order valence-corrected chi connectivity index (χ0v) is 11.4. The highest BCUT2D eigenvalue weighted by Gasteiger charge is 2.24. The third-order valence-corrected chi connectivity index (χ3v) is 3.86. The minimum Gasteiger partial charge on any atom is -0.384 e. The summed E-state index contributed by atoms with van der Waals surface area (Å²) in [4.78, 5) is 0. The molecule has 1 heteroatoms. The molecule has 1 aliphatic rings. The smallest absolute Gasteiger partial charge is 0.0568 e. The highest BCUT2D eigenvalue weighted by molar-refractivity contribution is 5.81. The number of rotatable bonds is 3. The lowest BCUT2D eigenvalue weighted by Gasteiger charge is -2.14. The summed E-state index contributed by atoms with van der Waals surface area (Å²) in [6.07, 6.45) is 2.31. The van der Waals surface area contributed by atoms with Gasteiger partial charge in [0, 0.05) is 13.0 Å². The van der Waals surface area contributed by atoms with Crippen LogP contribution in [0.25, 0.3) is 17.2 Å². The summed E-state index contributed by atoms with van der Waals surface area (Å²) in [6, 6.07) is 17.1. The first-order valence-corrected chi connectivity index (χ1v) is 6.66. The van der Waals surface area contributed by atoms with Gasteiger partial charge in [-0.3, -0.25) is 0 Å². The van der Waals surface area contributed by atoms with Gasteiger partial charge in [-0.1, -0.05) is 60.2 Å². The normalized spacial score (nSPS) is 17.2. The van der Waals surface area contributed by atoms with E-state index in [9.17, 15) is 0 Å². The van der Waals surface area contributed by atoms with E-state index in [-0.39, 0.29) is 0 Å². The lowest BCUT2D eigenvalue weighted by Crippen LogP contribution is -2.05. The average Bonchev–Trinajstić information content (AvgIpc) is 2.77. The fraction of sp³-hybridized carbons (Fsp3) is 0.222. The fourth-order valence-electron chi connectivity index (χ4n) is 2.88. The monoisotopic (exact) mass is 250 g/mol. The second-order valence-corrected chi connectivity index (χ2v) is 5.07. The van der Waals surface area contributed by atoms with Gasteiger partial charge in [0.15, 0.2) is 0 Å². The molecular weight excluding hydrogens is 232 g/mol. The third kappa shape index (κ3) is 2.11. The van der Waals surface area contributed by atoms with E-state index < -0.39 is 0 Å². The number of hydrogen-bond acceptors (Lipinski definition) is 1. The molecule has 1 aliphatic carbocycles. The van der Waals surface area contributed by atoms with Crippen LogP contribution in [0, 0.1) is 0 Å². The second-order valence-electron chi connectivity index (χ2n) is 5.07. The van der Waals surface area contributed by atoms with E-state index in [1.807, 2.05) is 0 Å². The number of hydrogen-bond donors (Lipinski definition) is 0. The van der Waals surface area contributed by atoms with Crippen LogP contribution in [-0.4, -0.2) is 13.7 Å². The molecule has 0 aliphatic heterocycles. The highest BCUT2D eigenvalue weighted by Crippen LogP contribution is 2.40. The van der Waals surface area contributed by atoms with Crippen molar-refractivity contribution < 1.29 is 4.74 Å². The van der Waals surface area contributed by atoms with Crippen LogP contribution in [-0.2, 0) is 4.74 Å². The minimum absolute atomic E-state index is 0.406. The number of benzene rings is 2. The molecule has 1 nitrogen and oxygen atoms in total. The zero-order valence-electron chi connectivity index (χ0n) is 11.4. The van der Waals surface area contributed by atoms with E-state index in [0.717, 1.165) is 6.61 Å². The summed E-state index contributed by atoms with van der Waals surface area (Å²) >= 11 is 0. The lowest BCUT2D eigenvalue weighted by atomic mass is 9.93. The van der Waals surface area contributed by atoms with Crippen LogP contribution in [0.2, 0.25) is 0 Å². The molecule has 0 N–H and O–H groups in total. The molecule has 0 saturated carbocycles. The molecule has 0 saturated heterocycles. The SMILES string of the molecule is COCC1C(C)=Cc2c(-c3ccccc3)cccc21. The number of ether oxygens (including phenoxy) is 1. The summed E-state index contributed by atoms with van der Waals surface area (Å²) in [5.74, 6) is 0.406. The molecule has 0 amide bonds. The average molecular weight is 250 g/mol. The maximum Gasteiger partial charge on any atom is 0.0568 e. The van der Waals surface area contributed by atoms with Crippen LogP contribution in [0.3, 0.4) is 0 Å². The molecule has 0 aromatic heterocycles. The third-order valence-electron chi connectivity index (χ3n) is 3.86. The molecular formula is C18H18O. The Morgan fingerprint density at radius 3 is 2.53 bits per heavy atom. The molecule has 0 spiro atoms. The van der Waals surface area contributed by atoms with Gasteiger partial charge in [-0.25, -0.2) is 0 Å². The largest absolute Gasteiger partial charge is 0.384 e. The highest BCUT2D eigenvalue weighted by atomic mass is 16.5. The van der Waals surface area contributed by atoms with Crippen LogP contribution in [0.15, 0.2) is 54.1 Å². The van der Waals surface area contributed by atoms with E-state index in [1.165, 1.54) is 27.8 Å². The van der Waals surface area contributed by atoms with Gasteiger partial charge in [0.1, 0.15) is 0 Å². The van der Waals surface area contributed by atoms with Gasteiger partial charge >= 0.3 is 0 Å². The Hall–Kier alpha value is -1.86.